The number of hydrogen-bond donors (Lipinski definition) is 1. The zero-order valence-electron chi connectivity index (χ0n) is 10.3. The van der Waals surface area contributed by atoms with Crippen molar-refractivity contribution in [2.75, 3.05) is 7.11 Å². The summed E-state index contributed by atoms with van der Waals surface area (Å²) in [6.45, 7) is -0.673. The summed E-state index contributed by atoms with van der Waals surface area (Å²) in [5.41, 5.74) is 1.52. The second kappa shape index (κ2) is 5.76. The van der Waals surface area contributed by atoms with Gasteiger partial charge in [-0.3, -0.25) is 0 Å². The molecule has 0 unspecified atom stereocenters. The van der Waals surface area contributed by atoms with E-state index < -0.39 is 47.8 Å². The van der Waals surface area contributed by atoms with Gasteiger partial charge in [0, 0.05) is 6.54 Å². The number of ether oxygens (including phenoxy) is 2. The highest BCUT2D eigenvalue weighted by atomic mass is 19.4. The first-order valence-corrected chi connectivity index (χ1v) is 5.15. The molecular formula is C10H8F6N2O3. The number of rotatable bonds is 3. The van der Waals surface area contributed by atoms with E-state index in [1.807, 2.05) is 0 Å². The van der Waals surface area contributed by atoms with Crippen LogP contribution in [0.4, 0.5) is 26.3 Å². The fourth-order valence-electron chi connectivity index (χ4n) is 1.36. The first-order valence-electron chi connectivity index (χ1n) is 5.15. The van der Waals surface area contributed by atoms with E-state index in [-0.39, 0.29) is 6.07 Å². The van der Waals surface area contributed by atoms with Gasteiger partial charge in [-0.15, -0.1) is 13.2 Å². The number of aromatic nitrogens is 1. The average Bonchev–Trinajstić information content (AvgIpc) is 2.34. The molecule has 0 bridgehead atoms. The zero-order chi connectivity index (χ0) is 16.4. The summed E-state index contributed by atoms with van der Waals surface area (Å²) >= 11 is 0. The molecule has 11 heteroatoms. The van der Waals surface area contributed by atoms with Crippen LogP contribution in [-0.4, -0.2) is 24.4 Å². The van der Waals surface area contributed by atoms with Gasteiger partial charge >= 0.3 is 18.5 Å². The molecule has 0 aromatic carbocycles. The number of hydrogen-bond acceptors (Lipinski definition) is 5. The number of carbonyl (C=O) groups is 1. The molecule has 21 heavy (non-hydrogen) atoms. The van der Waals surface area contributed by atoms with Gasteiger partial charge in [0.25, 0.3) is 0 Å². The maximum absolute atomic E-state index is 12.8. The second-order valence-corrected chi connectivity index (χ2v) is 3.57. The molecular weight excluding hydrogens is 310 g/mol. The van der Waals surface area contributed by atoms with Crippen LogP contribution in [0, 0.1) is 0 Å². The minimum absolute atomic E-state index is 0.00887. The Morgan fingerprint density at radius 2 is 1.86 bits per heavy atom. The van der Waals surface area contributed by atoms with Crippen LogP contribution in [0.2, 0.25) is 0 Å². The van der Waals surface area contributed by atoms with Crippen molar-refractivity contribution in [2.24, 2.45) is 5.73 Å². The van der Waals surface area contributed by atoms with Gasteiger partial charge in [0.15, 0.2) is 11.4 Å². The molecule has 5 nitrogen and oxygen atoms in total. The fourth-order valence-corrected chi connectivity index (χ4v) is 1.36. The number of esters is 1. The number of pyridine rings is 1. The van der Waals surface area contributed by atoms with Crippen LogP contribution in [0.15, 0.2) is 6.07 Å². The van der Waals surface area contributed by atoms with Gasteiger partial charge < -0.3 is 15.2 Å². The lowest BCUT2D eigenvalue weighted by Gasteiger charge is -2.16. The lowest BCUT2D eigenvalue weighted by Crippen LogP contribution is -2.23. The molecule has 2 N–H and O–H groups in total. The Morgan fingerprint density at radius 1 is 1.29 bits per heavy atom. The van der Waals surface area contributed by atoms with Gasteiger partial charge in [0.2, 0.25) is 0 Å². The maximum atomic E-state index is 12.8. The van der Waals surface area contributed by atoms with Crippen LogP contribution in [0.25, 0.3) is 0 Å². The third-order valence-electron chi connectivity index (χ3n) is 2.16. The molecule has 0 saturated carbocycles. The predicted octanol–water partition coefficient (Wildman–Crippen LogP) is 2.24. The van der Waals surface area contributed by atoms with Crippen LogP contribution < -0.4 is 10.5 Å². The van der Waals surface area contributed by atoms with Gasteiger partial charge in [-0.05, 0) is 6.07 Å². The van der Waals surface area contributed by atoms with E-state index in [0.29, 0.717) is 0 Å². The smallest absolute Gasteiger partial charge is 0.464 e. The Bertz CT molecular complexity index is 541. The summed E-state index contributed by atoms with van der Waals surface area (Å²) in [4.78, 5) is 14.4. The standard InChI is InChI=1S/C10H8F6N2O3/c1-20-8(19)7-4(9(11,12)13)2-6(5(3-17)18-7)21-10(14,15)16/h2H,3,17H2,1H3. The monoisotopic (exact) mass is 318 g/mol. The van der Waals surface area contributed by atoms with Crippen LogP contribution >= 0.6 is 0 Å². The fraction of sp³-hybridized carbons (Fsp3) is 0.400. The topological polar surface area (TPSA) is 74.4 Å². The number of nitrogens with two attached hydrogens (primary N) is 1. The van der Waals surface area contributed by atoms with Crippen molar-refractivity contribution in [3.8, 4) is 5.75 Å². The van der Waals surface area contributed by atoms with Crippen LogP contribution in [0.1, 0.15) is 21.7 Å². The minimum atomic E-state index is -5.23. The number of nitrogens with zero attached hydrogens (tertiary/aromatic N) is 1. The molecule has 118 valence electrons. The molecule has 0 aliphatic rings. The van der Waals surface area contributed by atoms with E-state index in [1.165, 1.54) is 0 Å². The second-order valence-electron chi connectivity index (χ2n) is 3.57. The summed E-state index contributed by atoms with van der Waals surface area (Å²) < 4.78 is 82.3. The molecule has 0 spiro atoms. The highest BCUT2D eigenvalue weighted by Crippen LogP contribution is 2.36. The number of halogens is 6. The highest BCUT2D eigenvalue weighted by molar-refractivity contribution is 5.89. The van der Waals surface area contributed by atoms with E-state index in [1.54, 1.807) is 0 Å². The molecule has 0 radical (unpaired) electrons. The van der Waals surface area contributed by atoms with Crippen molar-refractivity contribution in [3.05, 3.63) is 23.0 Å². The Morgan fingerprint density at radius 3 is 2.24 bits per heavy atom. The molecule has 0 fully saturated rings. The summed E-state index contributed by atoms with van der Waals surface area (Å²) in [7, 11) is 0.798. The number of alkyl halides is 6. The Hall–Kier alpha value is -2.04. The van der Waals surface area contributed by atoms with E-state index in [4.69, 9.17) is 5.73 Å². The van der Waals surface area contributed by atoms with E-state index >= 15 is 0 Å². The summed E-state index contributed by atoms with van der Waals surface area (Å²) in [5.74, 6) is -2.69. The molecule has 0 aliphatic heterocycles. The van der Waals surface area contributed by atoms with Crippen molar-refractivity contribution < 1.29 is 40.6 Å². The first-order chi connectivity index (χ1) is 9.49. The van der Waals surface area contributed by atoms with Crippen molar-refractivity contribution in [2.45, 2.75) is 19.1 Å². The van der Waals surface area contributed by atoms with Crippen molar-refractivity contribution in [1.29, 1.82) is 0 Å². The Kier molecular flexibility index (Phi) is 4.66. The third kappa shape index (κ3) is 4.21. The largest absolute Gasteiger partial charge is 0.573 e. The average molecular weight is 318 g/mol. The van der Waals surface area contributed by atoms with Gasteiger partial charge in [-0.1, -0.05) is 0 Å². The first kappa shape index (κ1) is 17.0. The normalized spacial score (nSPS) is 12.2. The van der Waals surface area contributed by atoms with E-state index in [2.05, 4.69) is 14.5 Å². The van der Waals surface area contributed by atoms with Gasteiger partial charge in [-0.2, -0.15) is 13.2 Å². The van der Waals surface area contributed by atoms with Crippen molar-refractivity contribution in [1.82, 2.24) is 4.98 Å². The van der Waals surface area contributed by atoms with Crippen molar-refractivity contribution >= 4 is 5.97 Å². The molecule has 0 atom stereocenters. The Labute approximate surface area is 113 Å². The molecule has 1 aromatic rings. The molecule has 1 aromatic heterocycles. The predicted molar refractivity (Wildman–Crippen MR) is 55.2 cm³/mol. The number of carbonyl (C=O) groups excluding carboxylic acids is 1. The van der Waals surface area contributed by atoms with Gasteiger partial charge in [0.05, 0.1) is 18.4 Å². The molecule has 0 aliphatic carbocycles. The summed E-state index contributed by atoms with van der Waals surface area (Å²) in [5, 5.41) is 0. The van der Waals surface area contributed by atoms with Gasteiger partial charge in [-0.25, -0.2) is 9.78 Å². The van der Waals surface area contributed by atoms with E-state index in [0.717, 1.165) is 7.11 Å². The zero-order valence-corrected chi connectivity index (χ0v) is 10.3. The lowest BCUT2D eigenvalue weighted by atomic mass is 10.1. The SMILES string of the molecule is COC(=O)c1nc(CN)c(OC(F)(F)F)cc1C(F)(F)F. The Balaban J connectivity index is 3.52. The lowest BCUT2D eigenvalue weighted by molar-refractivity contribution is -0.275. The van der Waals surface area contributed by atoms with Crippen LogP contribution in [0.5, 0.6) is 5.75 Å². The molecule has 0 saturated heterocycles. The maximum Gasteiger partial charge on any atom is 0.573 e. The highest BCUT2D eigenvalue weighted by Gasteiger charge is 2.40. The van der Waals surface area contributed by atoms with Crippen LogP contribution in [0.3, 0.4) is 0 Å². The molecule has 1 heterocycles. The van der Waals surface area contributed by atoms with Crippen molar-refractivity contribution in [3.63, 3.8) is 0 Å². The molecule has 0 amide bonds. The molecule has 1 rings (SSSR count). The van der Waals surface area contributed by atoms with E-state index in [9.17, 15) is 31.1 Å². The summed E-state index contributed by atoms with van der Waals surface area (Å²) in [6.07, 6.45) is -10.4. The van der Waals surface area contributed by atoms with Crippen LogP contribution in [-0.2, 0) is 17.5 Å². The summed E-state index contributed by atoms with van der Waals surface area (Å²) in [6, 6.07) is 0.00887. The quantitative estimate of drug-likeness (QED) is 0.683. The minimum Gasteiger partial charge on any atom is -0.464 e. The number of methoxy groups -OCH3 is 1. The van der Waals surface area contributed by atoms with Gasteiger partial charge in [0.1, 0.15) is 0 Å². The third-order valence-corrected chi connectivity index (χ3v) is 2.16.